The molecular weight excluding hydrogens is 299 g/mol. The van der Waals surface area contributed by atoms with Crippen molar-refractivity contribution in [3.8, 4) is 5.75 Å². The highest BCUT2D eigenvalue weighted by Gasteiger charge is 2.06. The van der Waals surface area contributed by atoms with Crippen LogP contribution < -0.4 is 15.8 Å². The molecule has 3 N–H and O–H groups in total. The Bertz CT molecular complexity index is 632. The molecule has 2 aromatic carbocycles. The quantitative estimate of drug-likeness (QED) is 0.848. The number of carbonyl (C=O) groups excluding carboxylic acids is 1. The highest BCUT2D eigenvalue weighted by atomic mass is 35.5. The molecule has 20 heavy (non-hydrogen) atoms. The predicted octanol–water partition coefficient (Wildman–Crippen LogP) is 3.59. The van der Waals surface area contributed by atoms with Crippen LogP contribution in [0.2, 0.25) is 10.0 Å². The van der Waals surface area contributed by atoms with Gasteiger partial charge in [0.05, 0.1) is 5.69 Å². The number of halogens is 2. The van der Waals surface area contributed by atoms with Gasteiger partial charge < -0.3 is 15.8 Å². The van der Waals surface area contributed by atoms with Crippen molar-refractivity contribution in [1.82, 2.24) is 0 Å². The number of carbonyl (C=O) groups is 1. The number of ether oxygens (including phenoxy) is 1. The second kappa shape index (κ2) is 6.50. The van der Waals surface area contributed by atoms with Crippen LogP contribution in [0, 0.1) is 0 Å². The van der Waals surface area contributed by atoms with Crippen molar-refractivity contribution in [2.24, 2.45) is 0 Å². The molecule has 0 bridgehead atoms. The standard InChI is InChI=1S/C14H12Cl2N2O2/c15-9-2-1-3-11(6-9)18-14(19)8-20-13-7-10(16)4-5-12(13)17/h1-7H,8,17H2,(H,18,19). The lowest BCUT2D eigenvalue weighted by molar-refractivity contribution is -0.118. The average Bonchev–Trinajstić information content (AvgIpc) is 2.40. The van der Waals surface area contributed by atoms with E-state index in [1.165, 1.54) is 0 Å². The molecule has 0 spiro atoms. The SMILES string of the molecule is Nc1ccc(Cl)cc1OCC(=O)Nc1cccc(Cl)c1. The zero-order valence-electron chi connectivity index (χ0n) is 10.4. The lowest BCUT2D eigenvalue weighted by Crippen LogP contribution is -2.20. The number of nitrogens with two attached hydrogens (primary N) is 1. The summed E-state index contributed by atoms with van der Waals surface area (Å²) >= 11 is 11.7. The summed E-state index contributed by atoms with van der Waals surface area (Å²) in [6.45, 7) is -0.170. The zero-order valence-corrected chi connectivity index (χ0v) is 11.9. The van der Waals surface area contributed by atoms with Crippen LogP contribution in [0.5, 0.6) is 5.75 Å². The summed E-state index contributed by atoms with van der Waals surface area (Å²) < 4.78 is 5.33. The van der Waals surface area contributed by atoms with Crippen LogP contribution in [-0.2, 0) is 4.79 Å². The Morgan fingerprint density at radius 1 is 1.15 bits per heavy atom. The van der Waals surface area contributed by atoms with E-state index in [0.29, 0.717) is 27.2 Å². The van der Waals surface area contributed by atoms with E-state index in [1.54, 1.807) is 42.5 Å². The Balaban J connectivity index is 1.94. The van der Waals surface area contributed by atoms with Gasteiger partial charge >= 0.3 is 0 Å². The molecule has 0 radical (unpaired) electrons. The van der Waals surface area contributed by atoms with Crippen LogP contribution in [0.4, 0.5) is 11.4 Å². The summed E-state index contributed by atoms with van der Waals surface area (Å²) in [7, 11) is 0. The highest BCUT2D eigenvalue weighted by molar-refractivity contribution is 6.31. The Morgan fingerprint density at radius 3 is 2.65 bits per heavy atom. The Labute approximate surface area is 126 Å². The van der Waals surface area contributed by atoms with Crippen molar-refractivity contribution in [3.63, 3.8) is 0 Å². The van der Waals surface area contributed by atoms with Gasteiger partial charge in [0.25, 0.3) is 5.91 Å². The lowest BCUT2D eigenvalue weighted by atomic mass is 10.3. The van der Waals surface area contributed by atoms with Crippen molar-refractivity contribution in [2.45, 2.75) is 0 Å². The summed E-state index contributed by atoms with van der Waals surface area (Å²) in [5, 5.41) is 3.70. The molecule has 4 nitrogen and oxygen atoms in total. The van der Waals surface area contributed by atoms with Gasteiger partial charge in [-0.05, 0) is 30.3 Å². The summed E-state index contributed by atoms with van der Waals surface area (Å²) in [6.07, 6.45) is 0. The van der Waals surface area contributed by atoms with Crippen LogP contribution in [-0.4, -0.2) is 12.5 Å². The Kier molecular flexibility index (Phi) is 4.71. The molecule has 104 valence electrons. The number of nitrogens with one attached hydrogen (secondary N) is 1. The molecule has 0 aliphatic rings. The molecule has 0 aliphatic carbocycles. The first-order chi connectivity index (χ1) is 9.54. The zero-order chi connectivity index (χ0) is 14.5. The van der Waals surface area contributed by atoms with Gasteiger partial charge in [-0.3, -0.25) is 4.79 Å². The molecule has 2 rings (SSSR count). The van der Waals surface area contributed by atoms with Crippen molar-refractivity contribution in [3.05, 3.63) is 52.5 Å². The van der Waals surface area contributed by atoms with Gasteiger partial charge in [0.2, 0.25) is 0 Å². The van der Waals surface area contributed by atoms with Gasteiger partial charge in [-0.25, -0.2) is 0 Å². The van der Waals surface area contributed by atoms with Crippen molar-refractivity contribution < 1.29 is 9.53 Å². The van der Waals surface area contributed by atoms with Gasteiger partial charge in [-0.1, -0.05) is 29.3 Å². The van der Waals surface area contributed by atoms with Crippen LogP contribution in [0.25, 0.3) is 0 Å². The largest absolute Gasteiger partial charge is 0.482 e. The normalized spacial score (nSPS) is 10.1. The van der Waals surface area contributed by atoms with Crippen molar-refractivity contribution in [1.29, 1.82) is 0 Å². The molecule has 0 heterocycles. The third-order valence-corrected chi connectivity index (χ3v) is 2.91. The molecule has 0 atom stereocenters. The fraction of sp³-hybridized carbons (Fsp3) is 0.0714. The van der Waals surface area contributed by atoms with E-state index in [0.717, 1.165) is 0 Å². The summed E-state index contributed by atoms with van der Waals surface area (Å²) in [5.74, 6) is 0.0605. The van der Waals surface area contributed by atoms with Crippen molar-refractivity contribution >= 4 is 40.5 Å². The summed E-state index contributed by atoms with van der Waals surface area (Å²) in [5.41, 5.74) is 6.74. The fourth-order valence-electron chi connectivity index (χ4n) is 1.54. The number of hydrogen-bond donors (Lipinski definition) is 2. The van der Waals surface area contributed by atoms with Crippen LogP contribution in [0.15, 0.2) is 42.5 Å². The molecule has 0 fully saturated rings. The molecule has 0 unspecified atom stereocenters. The van der Waals surface area contributed by atoms with Gasteiger partial charge in [-0.2, -0.15) is 0 Å². The minimum Gasteiger partial charge on any atom is -0.482 e. The highest BCUT2D eigenvalue weighted by Crippen LogP contribution is 2.25. The molecule has 0 aliphatic heterocycles. The van der Waals surface area contributed by atoms with Crippen molar-refractivity contribution in [2.75, 3.05) is 17.7 Å². The molecule has 2 aromatic rings. The number of anilines is 2. The van der Waals surface area contributed by atoms with E-state index < -0.39 is 0 Å². The minimum atomic E-state index is -0.313. The third kappa shape index (κ3) is 4.05. The molecule has 0 saturated carbocycles. The van der Waals surface area contributed by atoms with E-state index in [2.05, 4.69) is 5.32 Å². The Hall–Kier alpha value is -1.91. The number of amides is 1. The van der Waals surface area contributed by atoms with Gasteiger partial charge in [-0.15, -0.1) is 0 Å². The second-order valence-corrected chi connectivity index (χ2v) is 4.90. The molecule has 1 amide bonds. The topological polar surface area (TPSA) is 64.3 Å². The molecular formula is C14H12Cl2N2O2. The van der Waals surface area contributed by atoms with Crippen LogP contribution >= 0.6 is 23.2 Å². The second-order valence-electron chi connectivity index (χ2n) is 4.03. The monoisotopic (exact) mass is 310 g/mol. The van der Waals surface area contributed by atoms with Gasteiger partial charge in [0.15, 0.2) is 6.61 Å². The fourth-order valence-corrected chi connectivity index (χ4v) is 1.89. The molecule has 6 heteroatoms. The van der Waals surface area contributed by atoms with E-state index in [1.807, 2.05) is 0 Å². The summed E-state index contributed by atoms with van der Waals surface area (Å²) in [6, 6.07) is 11.7. The van der Waals surface area contributed by atoms with Crippen LogP contribution in [0.1, 0.15) is 0 Å². The average molecular weight is 311 g/mol. The number of benzene rings is 2. The third-order valence-electron chi connectivity index (χ3n) is 2.44. The van der Waals surface area contributed by atoms with E-state index in [4.69, 9.17) is 33.7 Å². The molecule has 0 aromatic heterocycles. The Morgan fingerprint density at radius 2 is 1.90 bits per heavy atom. The number of nitrogen functional groups attached to an aromatic ring is 1. The predicted molar refractivity (Wildman–Crippen MR) is 81.4 cm³/mol. The minimum absolute atomic E-state index is 0.170. The number of rotatable bonds is 4. The lowest BCUT2D eigenvalue weighted by Gasteiger charge is -2.09. The smallest absolute Gasteiger partial charge is 0.262 e. The summed E-state index contributed by atoms with van der Waals surface area (Å²) in [4.78, 5) is 11.7. The number of hydrogen-bond acceptors (Lipinski definition) is 3. The maximum absolute atomic E-state index is 11.7. The van der Waals surface area contributed by atoms with Gasteiger partial charge in [0, 0.05) is 21.8 Å². The first-order valence-electron chi connectivity index (χ1n) is 5.78. The van der Waals surface area contributed by atoms with E-state index in [-0.39, 0.29) is 12.5 Å². The maximum atomic E-state index is 11.7. The first-order valence-corrected chi connectivity index (χ1v) is 6.53. The maximum Gasteiger partial charge on any atom is 0.262 e. The van der Waals surface area contributed by atoms with Gasteiger partial charge in [0.1, 0.15) is 5.75 Å². The van der Waals surface area contributed by atoms with E-state index >= 15 is 0 Å². The van der Waals surface area contributed by atoms with E-state index in [9.17, 15) is 4.79 Å². The van der Waals surface area contributed by atoms with Crippen LogP contribution in [0.3, 0.4) is 0 Å². The molecule has 0 saturated heterocycles. The first kappa shape index (κ1) is 14.5.